The SMILES string of the molecule is Cl.Fc1cc(OC(F)F)cc(C2CCCN2)c1. The maximum Gasteiger partial charge on any atom is 0.387 e. The lowest BCUT2D eigenvalue weighted by Crippen LogP contribution is -2.13. The molecule has 1 aromatic carbocycles. The molecule has 2 rings (SSSR count). The molecule has 1 fully saturated rings. The van der Waals surface area contributed by atoms with Crippen LogP contribution < -0.4 is 10.1 Å². The van der Waals surface area contributed by atoms with Gasteiger partial charge in [-0.15, -0.1) is 12.4 Å². The normalized spacial score (nSPS) is 19.2. The van der Waals surface area contributed by atoms with Crippen molar-refractivity contribution in [2.24, 2.45) is 0 Å². The predicted octanol–water partition coefficient (Wildman–Crippen LogP) is 3.27. The fourth-order valence-corrected chi connectivity index (χ4v) is 1.93. The number of hydrogen-bond acceptors (Lipinski definition) is 2. The van der Waals surface area contributed by atoms with Crippen molar-refractivity contribution in [2.45, 2.75) is 25.5 Å². The van der Waals surface area contributed by atoms with Gasteiger partial charge in [0.05, 0.1) is 0 Å². The van der Waals surface area contributed by atoms with Crippen LogP contribution in [0.1, 0.15) is 24.4 Å². The Morgan fingerprint density at radius 2 is 2.06 bits per heavy atom. The molecule has 1 N–H and O–H groups in total. The Morgan fingerprint density at radius 1 is 1.29 bits per heavy atom. The van der Waals surface area contributed by atoms with Crippen LogP contribution >= 0.6 is 12.4 Å². The molecule has 1 saturated heterocycles. The molecule has 96 valence electrons. The second-order valence-corrected chi connectivity index (χ2v) is 3.75. The fraction of sp³-hybridized carbons (Fsp3) is 0.455. The van der Waals surface area contributed by atoms with E-state index in [1.165, 1.54) is 12.1 Å². The first-order chi connectivity index (χ1) is 7.65. The lowest BCUT2D eigenvalue weighted by Gasteiger charge is -2.12. The van der Waals surface area contributed by atoms with Crippen LogP contribution in [0.4, 0.5) is 13.2 Å². The third-order valence-electron chi connectivity index (χ3n) is 2.58. The molecule has 0 bridgehead atoms. The van der Waals surface area contributed by atoms with Gasteiger partial charge in [-0.25, -0.2) is 4.39 Å². The van der Waals surface area contributed by atoms with E-state index >= 15 is 0 Å². The van der Waals surface area contributed by atoms with Gasteiger partial charge in [0, 0.05) is 12.1 Å². The minimum Gasteiger partial charge on any atom is -0.435 e. The molecule has 2 nitrogen and oxygen atoms in total. The highest BCUT2D eigenvalue weighted by Gasteiger charge is 2.18. The van der Waals surface area contributed by atoms with Gasteiger partial charge < -0.3 is 10.1 Å². The number of ether oxygens (including phenoxy) is 1. The first kappa shape index (κ1) is 14.1. The zero-order valence-electron chi connectivity index (χ0n) is 8.96. The Morgan fingerprint density at radius 3 is 2.65 bits per heavy atom. The topological polar surface area (TPSA) is 21.3 Å². The van der Waals surface area contributed by atoms with Crippen molar-refractivity contribution in [2.75, 3.05) is 6.54 Å². The summed E-state index contributed by atoms with van der Waals surface area (Å²) >= 11 is 0. The first-order valence-corrected chi connectivity index (χ1v) is 5.14. The molecule has 0 amide bonds. The van der Waals surface area contributed by atoms with Gasteiger partial charge in [0.2, 0.25) is 0 Å². The number of alkyl halides is 2. The van der Waals surface area contributed by atoms with Crippen molar-refractivity contribution < 1.29 is 17.9 Å². The minimum atomic E-state index is -2.92. The largest absolute Gasteiger partial charge is 0.435 e. The van der Waals surface area contributed by atoms with E-state index in [9.17, 15) is 13.2 Å². The molecule has 0 aromatic heterocycles. The van der Waals surface area contributed by atoms with E-state index in [-0.39, 0.29) is 24.2 Å². The lowest BCUT2D eigenvalue weighted by atomic mass is 10.1. The van der Waals surface area contributed by atoms with Gasteiger partial charge in [-0.3, -0.25) is 0 Å². The molecule has 0 spiro atoms. The number of nitrogens with one attached hydrogen (secondary N) is 1. The van der Waals surface area contributed by atoms with Crippen molar-refractivity contribution in [1.29, 1.82) is 0 Å². The van der Waals surface area contributed by atoms with Gasteiger partial charge in [-0.05, 0) is 37.1 Å². The molecule has 1 aromatic rings. The summed E-state index contributed by atoms with van der Waals surface area (Å²) in [5.41, 5.74) is 0.660. The molecular formula is C11H13ClF3NO. The van der Waals surface area contributed by atoms with Gasteiger partial charge in [-0.2, -0.15) is 8.78 Å². The predicted molar refractivity (Wildman–Crippen MR) is 60.3 cm³/mol. The highest BCUT2D eigenvalue weighted by Crippen LogP contribution is 2.27. The Kier molecular flexibility index (Phi) is 5.08. The standard InChI is InChI=1S/C11H12F3NO.ClH/c12-8-4-7(10-2-1-3-15-10)5-9(6-8)16-11(13)14;/h4-6,10-11,15H,1-3H2;1H. The lowest BCUT2D eigenvalue weighted by molar-refractivity contribution is -0.0500. The van der Waals surface area contributed by atoms with Crippen LogP contribution in [0.5, 0.6) is 5.75 Å². The Balaban J connectivity index is 0.00000144. The summed E-state index contributed by atoms with van der Waals surface area (Å²) in [6.45, 7) is -2.06. The molecule has 0 radical (unpaired) electrons. The second-order valence-electron chi connectivity index (χ2n) is 3.75. The third-order valence-corrected chi connectivity index (χ3v) is 2.58. The average molecular weight is 268 g/mol. The number of halogens is 4. The summed E-state index contributed by atoms with van der Waals surface area (Å²) in [6, 6.07) is 3.81. The quantitative estimate of drug-likeness (QED) is 0.908. The summed E-state index contributed by atoms with van der Waals surface area (Å²) in [6.07, 6.45) is 1.89. The number of hydrogen-bond donors (Lipinski definition) is 1. The molecule has 1 aliphatic heterocycles. The van der Waals surface area contributed by atoms with Crippen molar-refractivity contribution in [3.05, 3.63) is 29.6 Å². The van der Waals surface area contributed by atoms with Gasteiger partial charge in [-0.1, -0.05) is 0 Å². The summed E-state index contributed by atoms with van der Waals surface area (Å²) in [5.74, 6) is -0.680. The van der Waals surface area contributed by atoms with Crippen molar-refractivity contribution in [1.82, 2.24) is 5.32 Å². The monoisotopic (exact) mass is 267 g/mol. The van der Waals surface area contributed by atoms with Crippen LogP contribution in [0.25, 0.3) is 0 Å². The van der Waals surface area contributed by atoms with Crippen LogP contribution in [0.3, 0.4) is 0 Å². The second kappa shape index (κ2) is 6.12. The Labute approximate surface area is 104 Å². The Bertz CT molecular complexity index is 370. The average Bonchev–Trinajstić information content (AvgIpc) is 2.67. The molecule has 1 unspecified atom stereocenters. The highest BCUT2D eigenvalue weighted by molar-refractivity contribution is 5.85. The van der Waals surface area contributed by atoms with Crippen LogP contribution in [0.15, 0.2) is 18.2 Å². The highest BCUT2D eigenvalue weighted by atomic mass is 35.5. The summed E-state index contributed by atoms with van der Waals surface area (Å²) in [7, 11) is 0. The van der Waals surface area contributed by atoms with Crippen molar-refractivity contribution in [3.63, 3.8) is 0 Å². The van der Waals surface area contributed by atoms with Crippen LogP contribution in [-0.4, -0.2) is 13.2 Å². The van der Waals surface area contributed by atoms with E-state index in [1.807, 2.05) is 0 Å². The summed E-state index contributed by atoms with van der Waals surface area (Å²) < 4.78 is 41.4. The minimum absolute atomic E-state index is 0. The maximum atomic E-state index is 13.2. The summed E-state index contributed by atoms with van der Waals surface area (Å²) in [5, 5.41) is 3.17. The van der Waals surface area contributed by atoms with Crippen LogP contribution in [0.2, 0.25) is 0 Å². The third kappa shape index (κ3) is 3.78. The van der Waals surface area contributed by atoms with Gasteiger partial charge in [0.25, 0.3) is 0 Å². The van der Waals surface area contributed by atoms with Crippen molar-refractivity contribution in [3.8, 4) is 5.75 Å². The van der Waals surface area contributed by atoms with Gasteiger partial charge in [0.15, 0.2) is 0 Å². The molecule has 17 heavy (non-hydrogen) atoms. The van der Waals surface area contributed by atoms with E-state index in [1.54, 1.807) is 0 Å². The van der Waals surface area contributed by atoms with Gasteiger partial charge >= 0.3 is 6.61 Å². The number of benzene rings is 1. The number of rotatable bonds is 3. The van der Waals surface area contributed by atoms with E-state index in [4.69, 9.17) is 0 Å². The van der Waals surface area contributed by atoms with E-state index in [2.05, 4.69) is 10.1 Å². The van der Waals surface area contributed by atoms with E-state index in [0.717, 1.165) is 25.5 Å². The molecule has 1 heterocycles. The van der Waals surface area contributed by atoms with Crippen molar-refractivity contribution >= 4 is 12.4 Å². The van der Waals surface area contributed by atoms with Crippen LogP contribution in [-0.2, 0) is 0 Å². The maximum absolute atomic E-state index is 13.2. The molecule has 0 aliphatic carbocycles. The Hall–Kier alpha value is -0.940. The smallest absolute Gasteiger partial charge is 0.387 e. The molecule has 1 aliphatic rings. The zero-order chi connectivity index (χ0) is 11.5. The molecular weight excluding hydrogens is 255 g/mol. The zero-order valence-corrected chi connectivity index (χ0v) is 9.77. The van der Waals surface area contributed by atoms with Crippen LogP contribution in [0, 0.1) is 5.82 Å². The fourth-order valence-electron chi connectivity index (χ4n) is 1.93. The molecule has 1 atom stereocenters. The van der Waals surface area contributed by atoms with Gasteiger partial charge in [0.1, 0.15) is 11.6 Å². The first-order valence-electron chi connectivity index (χ1n) is 5.14. The molecule has 6 heteroatoms. The molecule has 0 saturated carbocycles. The van der Waals surface area contributed by atoms with E-state index < -0.39 is 12.4 Å². The summed E-state index contributed by atoms with van der Waals surface area (Å²) in [4.78, 5) is 0. The van der Waals surface area contributed by atoms with E-state index in [0.29, 0.717) is 5.56 Å².